The van der Waals surface area contributed by atoms with Gasteiger partial charge in [-0.3, -0.25) is 0 Å². The minimum atomic E-state index is 0.348. The van der Waals surface area contributed by atoms with Crippen LogP contribution < -0.4 is 0 Å². The highest BCUT2D eigenvalue weighted by atomic mass is 14.6. The molecule has 0 aromatic heterocycles. The summed E-state index contributed by atoms with van der Waals surface area (Å²) in [7, 11) is 0. The first-order chi connectivity index (χ1) is 9.12. The van der Waals surface area contributed by atoms with E-state index in [1.807, 2.05) is 0 Å². The Balaban J connectivity index is 1.99. The fraction of sp³-hybridized carbons (Fsp3) is 0.789. The number of hydrogen-bond acceptors (Lipinski definition) is 0. The van der Waals surface area contributed by atoms with Crippen LogP contribution in [-0.4, -0.2) is 0 Å². The normalized spacial score (nSPS) is 31.5. The molecular weight excluding hydrogens is 228 g/mol. The summed E-state index contributed by atoms with van der Waals surface area (Å²) in [6.07, 6.45) is 24.2. The van der Waals surface area contributed by atoms with E-state index in [-0.39, 0.29) is 0 Å². The zero-order valence-corrected chi connectivity index (χ0v) is 12.9. The van der Waals surface area contributed by atoms with E-state index < -0.39 is 0 Å². The lowest BCUT2D eigenvalue weighted by molar-refractivity contribution is -0.0347. The first-order valence-corrected chi connectivity index (χ1v) is 8.49. The second-order valence-corrected chi connectivity index (χ2v) is 7.83. The maximum Gasteiger partial charge on any atom is 0.0175 e. The highest BCUT2D eigenvalue weighted by Gasteiger charge is 2.56. The molecule has 3 rings (SSSR count). The van der Waals surface area contributed by atoms with E-state index in [0.717, 1.165) is 0 Å². The molecule has 3 aliphatic carbocycles. The molecule has 0 radical (unpaired) electrons. The zero-order chi connectivity index (χ0) is 13.4. The molecule has 2 fully saturated rings. The van der Waals surface area contributed by atoms with E-state index in [1.54, 1.807) is 0 Å². The number of rotatable bonds is 2. The average molecular weight is 258 g/mol. The van der Waals surface area contributed by atoms with E-state index >= 15 is 0 Å². The van der Waals surface area contributed by atoms with Crippen molar-refractivity contribution < 1.29 is 0 Å². The molecular formula is C19H30. The Labute approximate surface area is 119 Å². The Hall–Kier alpha value is -0.520. The predicted octanol–water partition coefficient (Wildman–Crippen LogP) is 6.04. The molecule has 0 aliphatic heterocycles. The highest BCUT2D eigenvalue weighted by molar-refractivity contribution is 5.33. The SMILES string of the molecule is CC1(C2(C3(C)CCCCC3)C=CC=C2)CCCCC1. The predicted molar refractivity (Wildman–Crippen MR) is 83.1 cm³/mol. The number of allylic oxidation sites excluding steroid dienone is 4. The van der Waals surface area contributed by atoms with Crippen LogP contribution in [0.5, 0.6) is 0 Å². The maximum atomic E-state index is 2.59. The van der Waals surface area contributed by atoms with Gasteiger partial charge in [-0.25, -0.2) is 0 Å². The topological polar surface area (TPSA) is 0 Å². The van der Waals surface area contributed by atoms with E-state index in [2.05, 4.69) is 38.2 Å². The van der Waals surface area contributed by atoms with Crippen LogP contribution in [-0.2, 0) is 0 Å². The van der Waals surface area contributed by atoms with Gasteiger partial charge in [-0.15, -0.1) is 0 Å². The third-order valence-electron chi connectivity index (χ3n) is 6.74. The van der Waals surface area contributed by atoms with Crippen LogP contribution in [0, 0.1) is 16.2 Å². The van der Waals surface area contributed by atoms with Gasteiger partial charge in [0, 0.05) is 5.41 Å². The maximum absolute atomic E-state index is 2.59. The van der Waals surface area contributed by atoms with Crippen LogP contribution in [0.25, 0.3) is 0 Å². The summed E-state index contributed by atoms with van der Waals surface area (Å²) >= 11 is 0. The van der Waals surface area contributed by atoms with Crippen molar-refractivity contribution in [3.63, 3.8) is 0 Å². The van der Waals surface area contributed by atoms with Gasteiger partial charge in [-0.05, 0) is 36.5 Å². The van der Waals surface area contributed by atoms with Gasteiger partial charge in [0.1, 0.15) is 0 Å². The summed E-state index contributed by atoms with van der Waals surface area (Å²) in [5.74, 6) is 0. The van der Waals surface area contributed by atoms with Gasteiger partial charge in [0.15, 0.2) is 0 Å². The average Bonchev–Trinajstić information content (AvgIpc) is 2.92. The largest absolute Gasteiger partial charge is 0.0735 e. The van der Waals surface area contributed by atoms with Crippen LogP contribution >= 0.6 is 0 Å². The van der Waals surface area contributed by atoms with Crippen LogP contribution in [0.1, 0.15) is 78.1 Å². The van der Waals surface area contributed by atoms with Crippen molar-refractivity contribution in [1.29, 1.82) is 0 Å². The van der Waals surface area contributed by atoms with Gasteiger partial charge in [0.25, 0.3) is 0 Å². The van der Waals surface area contributed by atoms with Gasteiger partial charge in [0.05, 0.1) is 0 Å². The Bertz CT molecular complexity index is 335. The first-order valence-electron chi connectivity index (χ1n) is 8.49. The zero-order valence-electron chi connectivity index (χ0n) is 12.9. The quantitative estimate of drug-likeness (QED) is 0.566. The Kier molecular flexibility index (Phi) is 3.39. The molecule has 0 N–H and O–H groups in total. The van der Waals surface area contributed by atoms with Crippen molar-refractivity contribution >= 4 is 0 Å². The molecule has 0 bridgehead atoms. The second kappa shape index (κ2) is 4.79. The summed E-state index contributed by atoms with van der Waals surface area (Å²) < 4.78 is 0. The number of hydrogen-bond donors (Lipinski definition) is 0. The minimum absolute atomic E-state index is 0.348. The Morgan fingerprint density at radius 3 is 1.32 bits per heavy atom. The van der Waals surface area contributed by atoms with Gasteiger partial charge in [0.2, 0.25) is 0 Å². The van der Waals surface area contributed by atoms with Gasteiger partial charge >= 0.3 is 0 Å². The van der Waals surface area contributed by atoms with E-state index in [9.17, 15) is 0 Å². The lowest BCUT2D eigenvalue weighted by atomic mass is 9.46. The van der Waals surface area contributed by atoms with Crippen LogP contribution in [0.2, 0.25) is 0 Å². The van der Waals surface area contributed by atoms with Crippen molar-refractivity contribution in [3.8, 4) is 0 Å². The van der Waals surface area contributed by atoms with Crippen LogP contribution in [0.15, 0.2) is 24.3 Å². The van der Waals surface area contributed by atoms with Gasteiger partial charge < -0.3 is 0 Å². The Morgan fingerprint density at radius 2 is 0.947 bits per heavy atom. The van der Waals surface area contributed by atoms with Crippen LogP contribution in [0.4, 0.5) is 0 Å². The monoisotopic (exact) mass is 258 g/mol. The first kappa shape index (κ1) is 13.5. The minimum Gasteiger partial charge on any atom is -0.0735 e. The van der Waals surface area contributed by atoms with Crippen molar-refractivity contribution in [3.05, 3.63) is 24.3 Å². The molecule has 106 valence electrons. The van der Waals surface area contributed by atoms with Gasteiger partial charge in [-0.2, -0.15) is 0 Å². The third kappa shape index (κ3) is 1.94. The molecule has 0 aromatic carbocycles. The van der Waals surface area contributed by atoms with Crippen molar-refractivity contribution in [2.75, 3.05) is 0 Å². The molecule has 0 aromatic rings. The molecule has 0 heteroatoms. The summed E-state index contributed by atoms with van der Waals surface area (Å²) in [6.45, 7) is 5.18. The fourth-order valence-corrected chi connectivity index (χ4v) is 5.50. The van der Waals surface area contributed by atoms with Crippen molar-refractivity contribution in [1.82, 2.24) is 0 Å². The summed E-state index contributed by atoms with van der Waals surface area (Å²) in [6, 6.07) is 0. The lowest BCUT2D eigenvalue weighted by Crippen LogP contribution is -2.50. The molecule has 0 atom stereocenters. The van der Waals surface area contributed by atoms with Crippen molar-refractivity contribution in [2.24, 2.45) is 16.2 Å². The van der Waals surface area contributed by atoms with Crippen LogP contribution in [0.3, 0.4) is 0 Å². The lowest BCUT2D eigenvalue weighted by Gasteiger charge is -2.58. The van der Waals surface area contributed by atoms with E-state index in [0.29, 0.717) is 16.2 Å². The standard InChI is InChI=1S/C19H30/c1-17(11-5-3-6-12-17)19(15-9-10-16-19)18(2)13-7-4-8-14-18/h9-10,15-16H,3-8,11-14H2,1-2H3. The summed E-state index contributed by atoms with van der Waals surface area (Å²) in [5.41, 5.74) is 1.35. The highest BCUT2D eigenvalue weighted by Crippen LogP contribution is 2.64. The molecule has 0 saturated heterocycles. The molecule has 19 heavy (non-hydrogen) atoms. The Morgan fingerprint density at radius 1 is 0.579 bits per heavy atom. The second-order valence-electron chi connectivity index (χ2n) is 7.83. The summed E-state index contributed by atoms with van der Waals surface area (Å²) in [4.78, 5) is 0. The smallest absolute Gasteiger partial charge is 0.0175 e. The van der Waals surface area contributed by atoms with E-state index in [1.165, 1.54) is 64.2 Å². The molecule has 2 saturated carbocycles. The molecule has 0 spiro atoms. The van der Waals surface area contributed by atoms with E-state index in [4.69, 9.17) is 0 Å². The third-order valence-corrected chi connectivity index (χ3v) is 6.74. The molecule has 0 unspecified atom stereocenters. The molecule has 3 aliphatic rings. The van der Waals surface area contributed by atoms with Crippen molar-refractivity contribution in [2.45, 2.75) is 78.1 Å². The summed E-state index contributed by atoms with van der Waals surface area (Å²) in [5, 5.41) is 0. The fourth-order valence-electron chi connectivity index (χ4n) is 5.50. The molecule has 0 amide bonds. The molecule has 0 heterocycles. The van der Waals surface area contributed by atoms with Gasteiger partial charge in [-0.1, -0.05) is 76.7 Å². The molecule has 0 nitrogen and oxygen atoms in total.